The smallest absolute Gasteiger partial charge is 0.287 e. The Labute approximate surface area is 188 Å². The third kappa shape index (κ3) is 6.62. The molecule has 1 nitrogen and oxygen atoms in total. The van der Waals surface area contributed by atoms with Crippen LogP contribution in [0.25, 0.3) is 0 Å². The van der Waals surface area contributed by atoms with Gasteiger partial charge in [-0.05, 0) is 74.2 Å². The van der Waals surface area contributed by atoms with Gasteiger partial charge in [-0.1, -0.05) is 76.6 Å². The summed E-state index contributed by atoms with van der Waals surface area (Å²) in [6.45, 7) is 3.97. The third-order valence-electron chi connectivity index (χ3n) is 8.09. The second kappa shape index (κ2) is 11.6. The maximum atomic E-state index is 13.9. The van der Waals surface area contributed by atoms with Gasteiger partial charge in [0.2, 0.25) is 5.78 Å². The van der Waals surface area contributed by atoms with Gasteiger partial charge in [-0.3, -0.25) is 4.79 Å². The Morgan fingerprint density at radius 3 is 1.97 bits per heavy atom. The Balaban J connectivity index is 1.45. The second-order valence-electron chi connectivity index (χ2n) is 10.3. The number of alkyl halides is 2. The largest absolute Gasteiger partial charge is 0.309 e. The number of Topliss-reactive ketones (excluding diaryl/α,β-unsaturated/α-hetero) is 1. The van der Waals surface area contributed by atoms with Crippen LogP contribution in [-0.4, -0.2) is 11.7 Å². The molecule has 0 aliphatic heterocycles. The van der Waals surface area contributed by atoms with E-state index in [2.05, 4.69) is 6.92 Å². The molecule has 0 saturated heterocycles. The van der Waals surface area contributed by atoms with Crippen molar-refractivity contribution in [3.05, 3.63) is 35.4 Å². The van der Waals surface area contributed by atoms with Crippen molar-refractivity contribution >= 4 is 5.78 Å². The van der Waals surface area contributed by atoms with Gasteiger partial charge in [0.05, 0.1) is 0 Å². The van der Waals surface area contributed by atoms with Crippen LogP contribution in [0.1, 0.15) is 126 Å². The summed E-state index contributed by atoms with van der Waals surface area (Å²) >= 11 is 0. The Bertz CT molecular complexity index is 665. The Kier molecular flexibility index (Phi) is 9.10. The minimum absolute atomic E-state index is 0.145. The van der Waals surface area contributed by atoms with Gasteiger partial charge in [-0.15, -0.1) is 0 Å². The van der Waals surface area contributed by atoms with Crippen molar-refractivity contribution in [1.82, 2.24) is 0 Å². The number of benzene rings is 1. The maximum absolute atomic E-state index is 13.9. The van der Waals surface area contributed by atoms with Crippen molar-refractivity contribution in [2.75, 3.05) is 0 Å². The van der Waals surface area contributed by atoms with Crippen molar-refractivity contribution in [2.24, 2.45) is 17.8 Å². The fourth-order valence-corrected chi connectivity index (χ4v) is 6.10. The van der Waals surface area contributed by atoms with Crippen LogP contribution in [-0.2, 0) is 0 Å². The van der Waals surface area contributed by atoms with E-state index < -0.39 is 11.7 Å². The molecule has 31 heavy (non-hydrogen) atoms. The van der Waals surface area contributed by atoms with E-state index in [0.29, 0.717) is 12.3 Å². The van der Waals surface area contributed by atoms with E-state index in [1.807, 2.05) is 12.1 Å². The third-order valence-corrected chi connectivity index (χ3v) is 8.09. The Morgan fingerprint density at radius 1 is 0.839 bits per heavy atom. The van der Waals surface area contributed by atoms with Gasteiger partial charge in [-0.2, -0.15) is 8.78 Å². The average Bonchev–Trinajstić information content (AvgIpc) is 2.79. The minimum Gasteiger partial charge on any atom is -0.287 e. The highest BCUT2D eigenvalue weighted by atomic mass is 19.3. The molecule has 2 fully saturated rings. The van der Waals surface area contributed by atoms with E-state index >= 15 is 0 Å². The standard InChI is InChI=1S/C28H42F2O/c1-3-5-6-7-21-8-10-22(11-9-21)23-12-14-24(15-13-23)25-16-18-26(19-17-25)27(31)28(29,30)20-4-2/h16-19,21-24H,3-15,20H2,1-2H3/t21-,22-,23?,24?. The van der Waals surface area contributed by atoms with E-state index in [4.69, 9.17) is 0 Å². The lowest BCUT2D eigenvalue weighted by molar-refractivity contribution is 0.00453. The van der Waals surface area contributed by atoms with Crippen molar-refractivity contribution < 1.29 is 13.6 Å². The van der Waals surface area contributed by atoms with Crippen LogP contribution in [0, 0.1) is 17.8 Å². The summed E-state index contributed by atoms with van der Waals surface area (Å²) in [7, 11) is 0. The lowest BCUT2D eigenvalue weighted by Crippen LogP contribution is -2.28. The summed E-state index contributed by atoms with van der Waals surface area (Å²) < 4.78 is 27.9. The summed E-state index contributed by atoms with van der Waals surface area (Å²) in [5.74, 6) is -0.990. The number of hydrogen-bond donors (Lipinski definition) is 0. The molecule has 0 bridgehead atoms. The first-order valence-corrected chi connectivity index (χ1v) is 13.0. The predicted molar refractivity (Wildman–Crippen MR) is 125 cm³/mol. The Morgan fingerprint density at radius 2 is 1.42 bits per heavy atom. The number of rotatable bonds is 10. The average molecular weight is 433 g/mol. The van der Waals surface area contributed by atoms with E-state index in [0.717, 1.165) is 17.8 Å². The van der Waals surface area contributed by atoms with Gasteiger partial charge < -0.3 is 0 Å². The van der Waals surface area contributed by atoms with E-state index in [1.165, 1.54) is 82.6 Å². The molecular weight excluding hydrogens is 390 g/mol. The molecule has 174 valence electrons. The molecule has 0 heterocycles. The van der Waals surface area contributed by atoms with Gasteiger partial charge >= 0.3 is 5.92 Å². The summed E-state index contributed by atoms with van der Waals surface area (Å²) in [4.78, 5) is 12.1. The first-order chi connectivity index (χ1) is 14.9. The fraction of sp³-hybridized carbons (Fsp3) is 0.750. The molecule has 2 saturated carbocycles. The number of ketones is 1. The molecule has 2 aliphatic carbocycles. The lowest BCUT2D eigenvalue weighted by Gasteiger charge is -2.38. The van der Waals surface area contributed by atoms with Gasteiger partial charge in [-0.25, -0.2) is 0 Å². The Hall–Kier alpha value is -1.25. The fourth-order valence-electron chi connectivity index (χ4n) is 6.10. The van der Waals surface area contributed by atoms with Crippen LogP contribution in [0.2, 0.25) is 0 Å². The normalized spacial score (nSPS) is 27.2. The van der Waals surface area contributed by atoms with Gasteiger partial charge in [0.15, 0.2) is 0 Å². The van der Waals surface area contributed by atoms with Crippen LogP contribution >= 0.6 is 0 Å². The first-order valence-electron chi connectivity index (χ1n) is 13.0. The summed E-state index contributed by atoms with van der Waals surface area (Å²) in [6, 6.07) is 7.07. The molecule has 3 heteroatoms. The van der Waals surface area contributed by atoms with Crippen LogP contribution in [0.5, 0.6) is 0 Å². The van der Waals surface area contributed by atoms with Gasteiger partial charge in [0.25, 0.3) is 0 Å². The van der Waals surface area contributed by atoms with E-state index in [1.54, 1.807) is 19.1 Å². The molecule has 0 N–H and O–H groups in total. The highest BCUT2D eigenvalue weighted by Crippen LogP contribution is 2.44. The summed E-state index contributed by atoms with van der Waals surface area (Å²) in [5, 5.41) is 0. The zero-order valence-electron chi connectivity index (χ0n) is 19.7. The molecule has 3 rings (SSSR count). The maximum Gasteiger partial charge on any atom is 0.309 e. The van der Waals surface area contributed by atoms with Crippen molar-refractivity contribution in [1.29, 1.82) is 0 Å². The number of hydrogen-bond acceptors (Lipinski definition) is 1. The zero-order valence-corrected chi connectivity index (χ0v) is 19.7. The molecule has 1 aromatic carbocycles. The second-order valence-corrected chi connectivity index (χ2v) is 10.3. The van der Waals surface area contributed by atoms with Crippen molar-refractivity contribution in [3.8, 4) is 0 Å². The van der Waals surface area contributed by atoms with Gasteiger partial charge in [0.1, 0.15) is 0 Å². The number of unbranched alkanes of at least 4 members (excludes halogenated alkanes) is 2. The molecule has 0 amide bonds. The molecule has 1 aromatic rings. The molecular formula is C28H42F2O. The summed E-state index contributed by atoms with van der Waals surface area (Å²) in [6.07, 6.45) is 16.2. The monoisotopic (exact) mass is 432 g/mol. The molecule has 0 aromatic heterocycles. The van der Waals surface area contributed by atoms with Crippen LogP contribution in [0.3, 0.4) is 0 Å². The van der Waals surface area contributed by atoms with Crippen LogP contribution in [0.15, 0.2) is 24.3 Å². The highest BCUT2D eigenvalue weighted by Gasteiger charge is 2.38. The molecule has 0 spiro atoms. The zero-order chi connectivity index (χ0) is 22.3. The van der Waals surface area contributed by atoms with Crippen molar-refractivity contribution in [3.63, 3.8) is 0 Å². The van der Waals surface area contributed by atoms with Crippen LogP contribution < -0.4 is 0 Å². The number of carbonyl (C=O) groups excluding carboxylic acids is 1. The minimum atomic E-state index is -3.25. The van der Waals surface area contributed by atoms with Crippen molar-refractivity contribution in [2.45, 2.75) is 116 Å². The molecule has 0 unspecified atom stereocenters. The van der Waals surface area contributed by atoms with E-state index in [-0.39, 0.29) is 12.0 Å². The first kappa shape index (κ1) is 24.4. The highest BCUT2D eigenvalue weighted by molar-refractivity contribution is 6.01. The number of halogens is 2. The quantitative estimate of drug-likeness (QED) is 0.266. The SMILES string of the molecule is CCCCC[C@H]1CC[C@H](C2CCC(c3ccc(C(=O)C(F)(F)CCC)cc3)CC2)CC1. The van der Waals surface area contributed by atoms with E-state index in [9.17, 15) is 13.6 Å². The predicted octanol–water partition coefficient (Wildman–Crippen LogP) is 8.97. The molecule has 2 aliphatic rings. The molecule has 0 radical (unpaired) electrons. The van der Waals surface area contributed by atoms with Gasteiger partial charge in [0, 0.05) is 12.0 Å². The molecule has 0 atom stereocenters. The summed E-state index contributed by atoms with van der Waals surface area (Å²) in [5.41, 5.74) is 1.36. The van der Waals surface area contributed by atoms with Crippen LogP contribution in [0.4, 0.5) is 8.78 Å². The number of carbonyl (C=O) groups is 1. The topological polar surface area (TPSA) is 17.1 Å². The lowest BCUT2D eigenvalue weighted by atomic mass is 9.68.